The number of carbonyl (C=O) groups excluding carboxylic acids is 1. The lowest BCUT2D eigenvalue weighted by Crippen LogP contribution is -2.31. The molecule has 2 aromatic rings. The number of anilines is 1. The maximum absolute atomic E-state index is 11.5. The molecule has 2 atom stereocenters. The van der Waals surface area contributed by atoms with Gasteiger partial charge in [0.1, 0.15) is 23.1 Å². The van der Waals surface area contributed by atoms with E-state index >= 15 is 0 Å². The summed E-state index contributed by atoms with van der Waals surface area (Å²) in [5.41, 5.74) is 2.07. The van der Waals surface area contributed by atoms with Crippen LogP contribution in [0.25, 0.3) is 0 Å². The fourth-order valence-corrected chi connectivity index (χ4v) is 3.24. The van der Waals surface area contributed by atoms with Crippen LogP contribution in [-0.2, 0) is 11.2 Å². The Kier molecular flexibility index (Phi) is 3.61. The van der Waals surface area contributed by atoms with E-state index in [1.807, 2.05) is 31.3 Å². The molecule has 0 unspecified atom stereocenters. The summed E-state index contributed by atoms with van der Waals surface area (Å²) in [6.45, 7) is 2.13. The van der Waals surface area contributed by atoms with E-state index in [2.05, 4.69) is 22.5 Å². The largest absolute Gasteiger partial charge is 0.474 e. The standard InChI is InChI=1S/C18H19N3O3/c1-10-13-9-11(3-5-14(13)24-18(10)19-2)23-15-7-8-20-17-12(15)4-6-16(22)21-17/h3,5,7-10,18-19H,4,6H2,1-2H3,(H,20,21,22)/t10-,18+/m0/s1. The molecule has 0 bridgehead atoms. The van der Waals surface area contributed by atoms with Crippen LogP contribution in [0, 0.1) is 0 Å². The number of likely N-dealkylation sites (N-methyl/N-ethyl adjacent to an activating group) is 1. The highest BCUT2D eigenvalue weighted by molar-refractivity contribution is 5.93. The molecule has 0 fully saturated rings. The monoisotopic (exact) mass is 325 g/mol. The van der Waals surface area contributed by atoms with Crippen LogP contribution in [-0.4, -0.2) is 24.2 Å². The molecule has 0 saturated carbocycles. The molecular weight excluding hydrogens is 306 g/mol. The number of pyridine rings is 1. The Bertz CT molecular complexity index is 806. The molecule has 0 radical (unpaired) electrons. The average Bonchev–Trinajstić information content (AvgIpc) is 2.91. The Morgan fingerprint density at radius 3 is 3.04 bits per heavy atom. The van der Waals surface area contributed by atoms with E-state index in [4.69, 9.17) is 9.47 Å². The second-order valence-electron chi connectivity index (χ2n) is 6.10. The summed E-state index contributed by atoms with van der Waals surface area (Å²) in [4.78, 5) is 15.7. The van der Waals surface area contributed by atoms with Crippen molar-refractivity contribution in [3.63, 3.8) is 0 Å². The zero-order valence-corrected chi connectivity index (χ0v) is 13.6. The molecule has 2 N–H and O–H groups in total. The summed E-state index contributed by atoms with van der Waals surface area (Å²) in [6, 6.07) is 7.69. The second-order valence-corrected chi connectivity index (χ2v) is 6.10. The maximum Gasteiger partial charge on any atom is 0.225 e. The number of hydrogen-bond acceptors (Lipinski definition) is 5. The smallest absolute Gasteiger partial charge is 0.225 e. The molecule has 2 aliphatic rings. The minimum Gasteiger partial charge on any atom is -0.474 e. The van der Waals surface area contributed by atoms with Crippen LogP contribution in [0.2, 0.25) is 0 Å². The number of fused-ring (bicyclic) bond motifs is 2. The van der Waals surface area contributed by atoms with Gasteiger partial charge in [-0.15, -0.1) is 0 Å². The van der Waals surface area contributed by atoms with Crippen molar-refractivity contribution in [2.75, 3.05) is 12.4 Å². The molecule has 0 aliphatic carbocycles. The first-order valence-corrected chi connectivity index (χ1v) is 8.09. The number of hydrogen-bond donors (Lipinski definition) is 2. The molecule has 4 rings (SSSR count). The lowest BCUT2D eigenvalue weighted by molar-refractivity contribution is -0.116. The quantitative estimate of drug-likeness (QED) is 0.908. The van der Waals surface area contributed by atoms with Gasteiger partial charge in [-0.1, -0.05) is 6.92 Å². The highest BCUT2D eigenvalue weighted by Gasteiger charge is 2.30. The molecule has 124 valence electrons. The van der Waals surface area contributed by atoms with E-state index in [-0.39, 0.29) is 18.1 Å². The predicted octanol–water partition coefficient (Wildman–Crippen LogP) is 2.80. The van der Waals surface area contributed by atoms with Gasteiger partial charge in [0.15, 0.2) is 6.23 Å². The lowest BCUT2D eigenvalue weighted by atomic mass is 10.0. The van der Waals surface area contributed by atoms with Crippen LogP contribution in [0.4, 0.5) is 5.82 Å². The molecule has 1 aromatic heterocycles. The molecule has 1 amide bonds. The summed E-state index contributed by atoms with van der Waals surface area (Å²) in [7, 11) is 1.89. The first kappa shape index (κ1) is 15.0. The highest BCUT2D eigenvalue weighted by Crippen LogP contribution is 2.40. The average molecular weight is 325 g/mol. The van der Waals surface area contributed by atoms with Crippen LogP contribution < -0.4 is 20.1 Å². The lowest BCUT2D eigenvalue weighted by Gasteiger charge is -2.19. The van der Waals surface area contributed by atoms with Gasteiger partial charge in [0.25, 0.3) is 0 Å². The summed E-state index contributed by atoms with van der Waals surface area (Å²) in [6.07, 6.45) is 2.72. The van der Waals surface area contributed by atoms with Gasteiger partial charge in [-0.2, -0.15) is 0 Å². The Labute approximate surface area is 140 Å². The van der Waals surface area contributed by atoms with Crippen LogP contribution in [0.15, 0.2) is 30.5 Å². The van der Waals surface area contributed by atoms with Gasteiger partial charge in [-0.3, -0.25) is 10.1 Å². The minimum absolute atomic E-state index is 0.00578. The number of nitrogens with one attached hydrogen (secondary N) is 2. The van der Waals surface area contributed by atoms with Gasteiger partial charge in [0, 0.05) is 29.7 Å². The number of aromatic nitrogens is 1. The number of carbonyl (C=O) groups is 1. The topological polar surface area (TPSA) is 72.5 Å². The SMILES string of the molecule is CN[C@@H]1Oc2ccc(Oc3ccnc4c3CCC(=O)N4)cc2[C@@H]1C. The Morgan fingerprint density at radius 1 is 1.33 bits per heavy atom. The summed E-state index contributed by atoms with van der Waals surface area (Å²) in [5, 5.41) is 5.95. The third-order valence-electron chi connectivity index (χ3n) is 4.56. The molecule has 2 aliphatic heterocycles. The van der Waals surface area contributed by atoms with Crippen molar-refractivity contribution in [2.45, 2.75) is 31.9 Å². The predicted molar refractivity (Wildman–Crippen MR) is 89.6 cm³/mol. The number of benzene rings is 1. The summed E-state index contributed by atoms with van der Waals surface area (Å²) < 4.78 is 11.9. The van der Waals surface area contributed by atoms with Gasteiger partial charge in [-0.05, 0) is 37.7 Å². The summed E-state index contributed by atoms with van der Waals surface area (Å²) in [5.74, 6) is 3.21. The normalized spacial score (nSPS) is 21.5. The van der Waals surface area contributed by atoms with Gasteiger partial charge >= 0.3 is 0 Å². The fourth-order valence-electron chi connectivity index (χ4n) is 3.24. The van der Waals surface area contributed by atoms with Crippen molar-refractivity contribution in [1.29, 1.82) is 0 Å². The Balaban J connectivity index is 1.63. The van der Waals surface area contributed by atoms with Crippen molar-refractivity contribution < 1.29 is 14.3 Å². The van der Waals surface area contributed by atoms with Crippen LogP contribution >= 0.6 is 0 Å². The minimum atomic E-state index is -0.0147. The first-order chi connectivity index (χ1) is 11.7. The van der Waals surface area contributed by atoms with E-state index in [0.29, 0.717) is 18.7 Å². The van der Waals surface area contributed by atoms with E-state index in [9.17, 15) is 4.79 Å². The van der Waals surface area contributed by atoms with Crippen LogP contribution in [0.1, 0.15) is 30.4 Å². The molecule has 6 heteroatoms. The number of rotatable bonds is 3. The van der Waals surface area contributed by atoms with E-state index in [1.54, 1.807) is 6.20 Å². The molecule has 3 heterocycles. The van der Waals surface area contributed by atoms with E-state index < -0.39 is 0 Å². The summed E-state index contributed by atoms with van der Waals surface area (Å²) >= 11 is 0. The Hall–Kier alpha value is -2.60. The third-order valence-corrected chi connectivity index (χ3v) is 4.56. The molecule has 1 aromatic carbocycles. The number of ether oxygens (including phenoxy) is 2. The van der Waals surface area contributed by atoms with E-state index in [1.165, 1.54) is 0 Å². The molecular formula is C18H19N3O3. The van der Waals surface area contributed by atoms with Crippen LogP contribution in [0.5, 0.6) is 17.2 Å². The zero-order valence-electron chi connectivity index (χ0n) is 13.6. The second kappa shape index (κ2) is 5.79. The van der Waals surface area contributed by atoms with Gasteiger partial charge in [0.05, 0.1) is 0 Å². The first-order valence-electron chi connectivity index (χ1n) is 8.09. The maximum atomic E-state index is 11.5. The third kappa shape index (κ3) is 2.49. The van der Waals surface area contributed by atoms with Crippen molar-refractivity contribution in [2.24, 2.45) is 0 Å². The van der Waals surface area contributed by atoms with Crippen LogP contribution in [0.3, 0.4) is 0 Å². The fraction of sp³-hybridized carbons (Fsp3) is 0.333. The van der Waals surface area contributed by atoms with Gasteiger partial charge < -0.3 is 14.8 Å². The van der Waals surface area contributed by atoms with Crippen molar-refractivity contribution in [3.8, 4) is 17.2 Å². The van der Waals surface area contributed by atoms with Gasteiger partial charge in [0.2, 0.25) is 5.91 Å². The van der Waals surface area contributed by atoms with Gasteiger partial charge in [-0.25, -0.2) is 4.98 Å². The van der Waals surface area contributed by atoms with E-state index in [0.717, 1.165) is 28.4 Å². The number of nitrogens with zero attached hydrogens (tertiary/aromatic N) is 1. The van der Waals surface area contributed by atoms with Crippen molar-refractivity contribution in [3.05, 3.63) is 41.6 Å². The van der Waals surface area contributed by atoms with Crippen molar-refractivity contribution >= 4 is 11.7 Å². The molecule has 0 spiro atoms. The molecule has 0 saturated heterocycles. The number of amides is 1. The molecule has 24 heavy (non-hydrogen) atoms. The Morgan fingerprint density at radius 2 is 2.21 bits per heavy atom. The highest BCUT2D eigenvalue weighted by atomic mass is 16.5. The zero-order chi connectivity index (χ0) is 16.7. The van der Waals surface area contributed by atoms with Crippen molar-refractivity contribution in [1.82, 2.24) is 10.3 Å². The molecule has 6 nitrogen and oxygen atoms in total.